The van der Waals surface area contributed by atoms with Crippen molar-refractivity contribution in [3.05, 3.63) is 62.1 Å². The maximum absolute atomic E-state index is 11.2. The Kier molecular flexibility index (Phi) is 3.85. The molecule has 0 radical (unpaired) electrons. The van der Waals surface area contributed by atoms with Gasteiger partial charge in [0.25, 0.3) is 11.2 Å². The lowest BCUT2D eigenvalue weighted by Crippen LogP contribution is -2.10. The monoisotopic (exact) mass is 273 g/mol. The van der Waals surface area contributed by atoms with E-state index in [1.54, 1.807) is 19.1 Å². The van der Waals surface area contributed by atoms with Crippen molar-refractivity contribution in [1.29, 1.82) is 0 Å². The number of nitro groups is 1. The molecule has 8 nitrogen and oxygen atoms in total. The number of anilines is 1. The van der Waals surface area contributed by atoms with E-state index in [9.17, 15) is 14.9 Å². The molecule has 1 aromatic carbocycles. The Hall–Kier alpha value is -3.03. The van der Waals surface area contributed by atoms with Gasteiger partial charge in [-0.15, -0.1) is 0 Å². The van der Waals surface area contributed by atoms with E-state index in [-0.39, 0.29) is 17.2 Å². The molecule has 0 atom stereocenters. The van der Waals surface area contributed by atoms with Gasteiger partial charge in [-0.1, -0.05) is 0 Å². The largest absolute Gasteiger partial charge is 0.291 e. The maximum Gasteiger partial charge on any atom is 0.269 e. The van der Waals surface area contributed by atoms with Crippen LogP contribution in [0.1, 0.15) is 11.3 Å². The van der Waals surface area contributed by atoms with Gasteiger partial charge in [0.05, 0.1) is 11.1 Å². The molecule has 0 aliphatic heterocycles. The van der Waals surface area contributed by atoms with Crippen molar-refractivity contribution < 1.29 is 4.92 Å². The van der Waals surface area contributed by atoms with Crippen LogP contribution in [0.2, 0.25) is 0 Å². The van der Waals surface area contributed by atoms with Crippen molar-refractivity contribution in [1.82, 2.24) is 9.97 Å². The van der Waals surface area contributed by atoms with Gasteiger partial charge in [0.1, 0.15) is 0 Å². The summed E-state index contributed by atoms with van der Waals surface area (Å²) in [6, 6.07) is 7.26. The van der Waals surface area contributed by atoms with E-state index < -0.39 is 4.92 Å². The lowest BCUT2D eigenvalue weighted by atomic mass is 10.2. The minimum Gasteiger partial charge on any atom is -0.291 e. The summed E-state index contributed by atoms with van der Waals surface area (Å²) in [7, 11) is 0. The molecule has 2 N–H and O–H groups in total. The molecule has 102 valence electrons. The Morgan fingerprint density at radius 3 is 2.70 bits per heavy atom. The number of aryl methyl sites for hydroxylation is 1. The second kappa shape index (κ2) is 5.74. The highest BCUT2D eigenvalue weighted by molar-refractivity contribution is 5.80. The number of benzene rings is 1. The van der Waals surface area contributed by atoms with E-state index in [4.69, 9.17) is 0 Å². The fourth-order valence-electron chi connectivity index (χ4n) is 1.48. The second-order valence-electron chi connectivity index (χ2n) is 3.95. The first-order valence-electron chi connectivity index (χ1n) is 5.66. The highest BCUT2D eigenvalue weighted by atomic mass is 16.6. The first-order chi connectivity index (χ1) is 9.54. The number of hydrogen-bond acceptors (Lipinski definition) is 6. The predicted molar refractivity (Wildman–Crippen MR) is 73.9 cm³/mol. The average Bonchev–Trinajstić information content (AvgIpc) is 2.38. The molecule has 0 unspecified atom stereocenters. The van der Waals surface area contributed by atoms with Gasteiger partial charge in [-0.3, -0.25) is 19.9 Å². The van der Waals surface area contributed by atoms with Gasteiger partial charge in [0.15, 0.2) is 0 Å². The number of hydrogen-bond donors (Lipinski definition) is 2. The van der Waals surface area contributed by atoms with E-state index in [0.29, 0.717) is 11.3 Å². The number of nitrogens with zero attached hydrogens (tertiary/aromatic N) is 3. The molecule has 0 fully saturated rings. The molecule has 2 aromatic rings. The third kappa shape index (κ3) is 3.48. The molecule has 0 saturated heterocycles. The molecule has 0 spiro atoms. The number of aromatic nitrogens is 2. The van der Waals surface area contributed by atoms with Gasteiger partial charge in [0.2, 0.25) is 5.95 Å². The quantitative estimate of drug-likeness (QED) is 0.497. The summed E-state index contributed by atoms with van der Waals surface area (Å²) in [6.07, 6.45) is 1.46. The first-order valence-corrected chi connectivity index (χ1v) is 5.66. The van der Waals surface area contributed by atoms with E-state index in [0.717, 1.165) is 0 Å². The summed E-state index contributed by atoms with van der Waals surface area (Å²) in [5, 5.41) is 14.4. The average molecular weight is 273 g/mol. The molecular weight excluding hydrogens is 262 g/mol. The topological polar surface area (TPSA) is 113 Å². The molecule has 8 heteroatoms. The van der Waals surface area contributed by atoms with Gasteiger partial charge in [-0.25, -0.2) is 10.4 Å². The third-order valence-electron chi connectivity index (χ3n) is 2.36. The molecule has 0 bridgehead atoms. The maximum atomic E-state index is 11.2. The standard InChI is InChI=1S/C12H11N5O3/c1-8-6-11(18)15-12(14-8)16-13-7-9-2-4-10(5-3-9)17(19)20/h2-7H,1H3,(H2,14,15,16,18)/b13-7-. The van der Waals surface area contributed by atoms with E-state index in [1.807, 2.05) is 0 Å². The number of rotatable bonds is 4. The van der Waals surface area contributed by atoms with Gasteiger partial charge in [-0.05, 0) is 24.6 Å². The third-order valence-corrected chi connectivity index (χ3v) is 2.36. The van der Waals surface area contributed by atoms with E-state index in [1.165, 1.54) is 24.4 Å². The summed E-state index contributed by atoms with van der Waals surface area (Å²) < 4.78 is 0. The van der Waals surface area contributed by atoms with E-state index >= 15 is 0 Å². The van der Waals surface area contributed by atoms with Crippen LogP contribution in [-0.4, -0.2) is 21.1 Å². The summed E-state index contributed by atoms with van der Waals surface area (Å²) in [4.78, 5) is 27.7. The number of aromatic amines is 1. The van der Waals surface area contributed by atoms with Crippen LogP contribution < -0.4 is 11.0 Å². The first kappa shape index (κ1) is 13.4. The fourth-order valence-corrected chi connectivity index (χ4v) is 1.48. The Morgan fingerprint density at radius 2 is 2.10 bits per heavy atom. The zero-order valence-corrected chi connectivity index (χ0v) is 10.5. The molecule has 2 rings (SSSR count). The van der Waals surface area contributed by atoms with Crippen LogP contribution in [-0.2, 0) is 0 Å². The Balaban J connectivity index is 2.06. The summed E-state index contributed by atoms with van der Waals surface area (Å²) in [5.41, 5.74) is 3.57. The summed E-state index contributed by atoms with van der Waals surface area (Å²) in [6.45, 7) is 1.69. The lowest BCUT2D eigenvalue weighted by molar-refractivity contribution is -0.384. The molecule has 0 saturated carbocycles. The van der Waals surface area contributed by atoms with Gasteiger partial charge >= 0.3 is 0 Å². The zero-order valence-electron chi connectivity index (χ0n) is 10.5. The number of H-pyrrole nitrogens is 1. The smallest absolute Gasteiger partial charge is 0.269 e. The summed E-state index contributed by atoms with van der Waals surface area (Å²) in [5.74, 6) is 0.230. The molecule has 0 aliphatic carbocycles. The highest BCUT2D eigenvalue weighted by Gasteiger charge is 2.02. The van der Waals surface area contributed by atoms with Crippen LogP contribution >= 0.6 is 0 Å². The highest BCUT2D eigenvalue weighted by Crippen LogP contribution is 2.10. The Morgan fingerprint density at radius 1 is 1.40 bits per heavy atom. The van der Waals surface area contributed by atoms with Crippen LogP contribution in [0.3, 0.4) is 0 Å². The van der Waals surface area contributed by atoms with Crippen molar-refractivity contribution in [3.8, 4) is 0 Å². The number of nitrogens with one attached hydrogen (secondary N) is 2. The van der Waals surface area contributed by atoms with Crippen molar-refractivity contribution in [2.24, 2.45) is 5.10 Å². The van der Waals surface area contributed by atoms with Gasteiger partial charge in [-0.2, -0.15) is 5.10 Å². The minimum atomic E-state index is -0.472. The molecule has 1 heterocycles. The number of hydrazone groups is 1. The fraction of sp³-hybridized carbons (Fsp3) is 0.0833. The van der Waals surface area contributed by atoms with Crippen LogP contribution in [0.15, 0.2) is 40.2 Å². The van der Waals surface area contributed by atoms with Crippen LogP contribution in [0.25, 0.3) is 0 Å². The Bertz CT molecular complexity index is 706. The van der Waals surface area contributed by atoms with Crippen molar-refractivity contribution >= 4 is 17.9 Å². The zero-order chi connectivity index (χ0) is 14.5. The molecule has 0 aliphatic rings. The van der Waals surface area contributed by atoms with Crippen molar-refractivity contribution in [2.45, 2.75) is 6.92 Å². The molecule has 0 amide bonds. The van der Waals surface area contributed by atoms with Crippen molar-refractivity contribution in [3.63, 3.8) is 0 Å². The minimum absolute atomic E-state index is 0.0137. The van der Waals surface area contributed by atoms with E-state index in [2.05, 4.69) is 20.5 Å². The number of nitro benzene ring substituents is 1. The molecular formula is C12H11N5O3. The van der Waals surface area contributed by atoms with Gasteiger partial charge < -0.3 is 0 Å². The van der Waals surface area contributed by atoms with Crippen LogP contribution in [0.4, 0.5) is 11.6 Å². The van der Waals surface area contributed by atoms with Crippen LogP contribution in [0, 0.1) is 17.0 Å². The second-order valence-corrected chi connectivity index (χ2v) is 3.95. The molecule has 1 aromatic heterocycles. The van der Waals surface area contributed by atoms with Gasteiger partial charge in [0, 0.05) is 23.9 Å². The summed E-state index contributed by atoms with van der Waals surface area (Å²) >= 11 is 0. The Labute approximate surface area is 113 Å². The predicted octanol–water partition coefficient (Wildman–Crippen LogP) is 1.43. The lowest BCUT2D eigenvalue weighted by Gasteiger charge is -1.99. The van der Waals surface area contributed by atoms with Crippen molar-refractivity contribution in [2.75, 3.05) is 5.43 Å². The number of non-ortho nitro benzene ring substituents is 1. The van der Waals surface area contributed by atoms with Crippen LogP contribution in [0.5, 0.6) is 0 Å². The SMILES string of the molecule is Cc1cc(=O)[nH]c(N/N=C\c2ccc([N+](=O)[O-])cc2)n1. The molecule has 20 heavy (non-hydrogen) atoms. The normalized spacial score (nSPS) is 10.7.